The van der Waals surface area contributed by atoms with E-state index in [9.17, 15) is 9.35 Å². The smallest absolute Gasteiger partial charge is 0.344 e. The van der Waals surface area contributed by atoms with Gasteiger partial charge in [0, 0.05) is 23.8 Å². The first-order valence-corrected chi connectivity index (χ1v) is 10.2. The van der Waals surface area contributed by atoms with Gasteiger partial charge in [0.15, 0.2) is 5.82 Å². The highest BCUT2D eigenvalue weighted by Gasteiger charge is 2.19. The molecule has 2 aromatic heterocycles. The molecule has 0 fully saturated rings. The van der Waals surface area contributed by atoms with E-state index in [1.54, 1.807) is 18.2 Å². The Morgan fingerprint density at radius 3 is 2.96 bits per heavy atom. The number of fused-ring (bicyclic) bond motifs is 3. The number of ether oxygens (including phenoxy) is 1. The molecule has 0 spiro atoms. The summed E-state index contributed by atoms with van der Waals surface area (Å²) in [6, 6.07) is 5.32. The molecule has 1 atom stereocenters. The maximum Gasteiger partial charge on any atom is 0.344 e. The maximum atomic E-state index is 12.5. The third-order valence-electron chi connectivity index (χ3n) is 3.80. The number of hydrogen-bond donors (Lipinski definition) is 2. The van der Waals surface area contributed by atoms with E-state index in [0.717, 1.165) is 19.3 Å². The number of carbonyl (C=O) groups excluding carboxylic acids is 1. The Kier molecular flexibility index (Phi) is 6.61. The first-order valence-electron chi connectivity index (χ1n) is 8.64. The van der Waals surface area contributed by atoms with E-state index in [4.69, 9.17) is 4.74 Å². The molecule has 0 aliphatic carbocycles. The number of carbonyl (C=O) groups is 1. The van der Waals surface area contributed by atoms with Crippen LogP contribution in [0.2, 0.25) is 0 Å². The normalized spacial score (nSPS) is 17.6. The van der Waals surface area contributed by atoms with Gasteiger partial charge in [-0.25, -0.2) is 0 Å². The van der Waals surface area contributed by atoms with Gasteiger partial charge in [-0.3, -0.25) is 4.79 Å². The standard InChI is InChI=1S/C18H21N5O3S/c1-27(25)18-20-12-13-16(23-18)22-14-8-7-9-15(21-14)26-11-6-4-2-3-5-10-19-17(13)24/h3,5,7-9,12H,2,4,6,10-11H2,1H3,(H,19,24)(H,20,21,22,23)/b5-3+. The SMILES string of the molecule is C[S+]([O-])c1ncc2c(n1)Nc1cccc(n1)OCCCC/C=C/CNC2=O. The van der Waals surface area contributed by atoms with Crippen LogP contribution in [-0.4, -0.2) is 44.8 Å². The van der Waals surface area contributed by atoms with Crippen LogP contribution >= 0.6 is 0 Å². The number of allylic oxidation sites excluding steroid dienone is 1. The summed E-state index contributed by atoms with van der Waals surface area (Å²) >= 11 is -1.38. The van der Waals surface area contributed by atoms with Crippen molar-refractivity contribution in [2.45, 2.75) is 24.4 Å². The van der Waals surface area contributed by atoms with E-state index in [-0.39, 0.29) is 22.4 Å². The van der Waals surface area contributed by atoms with Crippen molar-refractivity contribution in [1.82, 2.24) is 20.3 Å². The summed E-state index contributed by atoms with van der Waals surface area (Å²) < 4.78 is 17.4. The predicted molar refractivity (Wildman–Crippen MR) is 103 cm³/mol. The summed E-state index contributed by atoms with van der Waals surface area (Å²) in [5.74, 6) is 0.880. The average Bonchev–Trinajstić information content (AvgIpc) is 2.66. The number of anilines is 2. The van der Waals surface area contributed by atoms with Crippen molar-refractivity contribution in [2.24, 2.45) is 0 Å². The first-order chi connectivity index (χ1) is 13.1. The highest BCUT2D eigenvalue weighted by atomic mass is 32.2. The Hall–Kier alpha value is -2.65. The topological polar surface area (TPSA) is 112 Å². The number of nitrogens with one attached hydrogen (secondary N) is 2. The predicted octanol–water partition coefficient (Wildman–Crippen LogP) is 2.20. The molecule has 2 N–H and O–H groups in total. The van der Waals surface area contributed by atoms with Crippen molar-refractivity contribution in [2.75, 3.05) is 24.7 Å². The van der Waals surface area contributed by atoms with Crippen LogP contribution in [0.15, 0.2) is 41.7 Å². The number of aromatic nitrogens is 3. The van der Waals surface area contributed by atoms with Crippen molar-refractivity contribution in [3.05, 3.63) is 42.1 Å². The highest BCUT2D eigenvalue weighted by Crippen LogP contribution is 2.21. The van der Waals surface area contributed by atoms with Gasteiger partial charge >= 0.3 is 5.16 Å². The second-order valence-electron chi connectivity index (χ2n) is 5.88. The van der Waals surface area contributed by atoms with Gasteiger partial charge in [0.2, 0.25) is 5.88 Å². The lowest BCUT2D eigenvalue weighted by atomic mass is 10.2. The number of rotatable bonds is 1. The molecule has 1 amide bonds. The third-order valence-corrected chi connectivity index (χ3v) is 4.51. The van der Waals surface area contributed by atoms with Crippen LogP contribution in [0.5, 0.6) is 5.88 Å². The molecule has 3 heterocycles. The minimum absolute atomic E-state index is 0.135. The van der Waals surface area contributed by atoms with Crippen LogP contribution in [0, 0.1) is 0 Å². The maximum absolute atomic E-state index is 12.5. The molecule has 0 aromatic carbocycles. The second-order valence-corrected chi connectivity index (χ2v) is 7.15. The quantitative estimate of drug-likeness (QED) is 0.438. The van der Waals surface area contributed by atoms with Gasteiger partial charge in [-0.15, -0.1) is 0 Å². The zero-order valence-corrected chi connectivity index (χ0v) is 15.8. The lowest BCUT2D eigenvalue weighted by Gasteiger charge is -2.12. The number of nitrogens with zero attached hydrogens (tertiary/aromatic N) is 3. The van der Waals surface area contributed by atoms with E-state index < -0.39 is 11.2 Å². The van der Waals surface area contributed by atoms with Crippen LogP contribution in [-0.2, 0) is 11.2 Å². The summed E-state index contributed by atoms with van der Waals surface area (Å²) in [5, 5.41) is 5.96. The molecule has 27 heavy (non-hydrogen) atoms. The van der Waals surface area contributed by atoms with E-state index in [1.165, 1.54) is 12.5 Å². The first kappa shape index (κ1) is 19.1. The van der Waals surface area contributed by atoms with Crippen LogP contribution in [0.4, 0.5) is 11.6 Å². The Morgan fingerprint density at radius 2 is 2.11 bits per heavy atom. The Balaban J connectivity index is 1.94. The van der Waals surface area contributed by atoms with Crippen LogP contribution in [0.1, 0.15) is 29.6 Å². The minimum Gasteiger partial charge on any atom is -0.609 e. The van der Waals surface area contributed by atoms with Crippen LogP contribution < -0.4 is 15.4 Å². The van der Waals surface area contributed by atoms with E-state index in [2.05, 4.69) is 25.6 Å². The zero-order valence-electron chi connectivity index (χ0n) is 15.0. The molecule has 142 valence electrons. The molecule has 1 aliphatic rings. The molecule has 0 radical (unpaired) electrons. The highest BCUT2D eigenvalue weighted by molar-refractivity contribution is 7.90. The lowest BCUT2D eigenvalue weighted by molar-refractivity contribution is 0.0958. The molecule has 0 saturated heterocycles. The molecule has 2 bridgehead atoms. The number of pyridine rings is 1. The summed E-state index contributed by atoms with van der Waals surface area (Å²) in [6.45, 7) is 0.989. The lowest BCUT2D eigenvalue weighted by Crippen LogP contribution is -2.25. The van der Waals surface area contributed by atoms with Gasteiger partial charge in [0.1, 0.15) is 17.6 Å². The van der Waals surface area contributed by atoms with Crippen molar-refractivity contribution in [3.63, 3.8) is 0 Å². The van der Waals surface area contributed by atoms with Gasteiger partial charge in [-0.2, -0.15) is 15.0 Å². The van der Waals surface area contributed by atoms with Crippen LogP contribution in [0.25, 0.3) is 0 Å². The van der Waals surface area contributed by atoms with Gasteiger partial charge in [0.05, 0.1) is 12.8 Å². The van der Waals surface area contributed by atoms with Crippen molar-refractivity contribution in [3.8, 4) is 5.88 Å². The summed E-state index contributed by atoms with van der Waals surface area (Å²) in [6.07, 6.45) is 9.62. The van der Waals surface area contributed by atoms with E-state index in [0.29, 0.717) is 24.8 Å². The summed E-state index contributed by atoms with van der Waals surface area (Å²) in [4.78, 5) is 25.2. The van der Waals surface area contributed by atoms with E-state index in [1.807, 2.05) is 12.2 Å². The Morgan fingerprint density at radius 1 is 1.22 bits per heavy atom. The molecular formula is C18H21N5O3S. The largest absolute Gasteiger partial charge is 0.609 e. The zero-order chi connectivity index (χ0) is 19.1. The fourth-order valence-electron chi connectivity index (χ4n) is 2.44. The van der Waals surface area contributed by atoms with Crippen LogP contribution in [0.3, 0.4) is 0 Å². The minimum atomic E-state index is -1.38. The molecule has 1 aliphatic heterocycles. The number of amides is 1. The molecule has 8 nitrogen and oxygen atoms in total. The van der Waals surface area contributed by atoms with E-state index >= 15 is 0 Å². The van der Waals surface area contributed by atoms with Crippen molar-refractivity contribution in [1.29, 1.82) is 0 Å². The molecule has 9 heteroatoms. The molecule has 3 rings (SSSR count). The monoisotopic (exact) mass is 387 g/mol. The fraction of sp³-hybridized carbons (Fsp3) is 0.333. The van der Waals surface area contributed by atoms with Crippen molar-refractivity contribution >= 4 is 28.7 Å². The molecule has 1 unspecified atom stereocenters. The number of hydrogen-bond acceptors (Lipinski definition) is 7. The van der Waals surface area contributed by atoms with Gasteiger partial charge in [0.25, 0.3) is 5.91 Å². The van der Waals surface area contributed by atoms with Gasteiger partial charge in [-0.1, -0.05) is 18.2 Å². The summed E-state index contributed by atoms with van der Waals surface area (Å²) in [5.41, 5.74) is 0.248. The second kappa shape index (κ2) is 9.33. The molecule has 2 aromatic rings. The average molecular weight is 387 g/mol. The van der Waals surface area contributed by atoms with Crippen molar-refractivity contribution < 1.29 is 14.1 Å². The Bertz CT molecular complexity index is 828. The van der Waals surface area contributed by atoms with Gasteiger partial charge in [-0.05, 0) is 25.3 Å². The Labute approximate surface area is 160 Å². The molecular weight excluding hydrogens is 366 g/mol. The van der Waals surface area contributed by atoms with Gasteiger partial charge < -0.3 is 19.9 Å². The molecule has 0 saturated carbocycles. The fourth-order valence-corrected chi connectivity index (χ4v) is 2.86. The third kappa shape index (κ3) is 5.41. The summed E-state index contributed by atoms with van der Waals surface area (Å²) in [7, 11) is 0.